The molecule has 1 saturated carbocycles. The molecule has 0 spiro atoms. The van der Waals surface area contributed by atoms with E-state index in [1.807, 2.05) is 0 Å². The molecule has 114 valence electrons. The first-order valence-corrected chi connectivity index (χ1v) is 8.22. The van der Waals surface area contributed by atoms with E-state index in [4.69, 9.17) is 0 Å². The van der Waals surface area contributed by atoms with Crippen LogP contribution in [0.2, 0.25) is 0 Å². The molecule has 0 heterocycles. The lowest BCUT2D eigenvalue weighted by Gasteiger charge is -2.11. The Morgan fingerprint density at radius 1 is 1.14 bits per heavy atom. The first-order valence-electron chi connectivity index (χ1n) is 7.06. The molecule has 0 aromatic heterocycles. The fourth-order valence-electron chi connectivity index (χ4n) is 2.32. The van der Waals surface area contributed by atoms with Gasteiger partial charge in [-0.15, -0.1) is 11.8 Å². The minimum absolute atomic E-state index is 0.0365. The Kier molecular flexibility index (Phi) is 6.04. The van der Waals surface area contributed by atoms with E-state index in [0.29, 0.717) is 6.04 Å². The average Bonchev–Trinajstić information content (AvgIpc) is 2.94. The minimum Gasteiger partial charge on any atom is -0.353 e. The molecular formula is C15H19FN2O2S. The van der Waals surface area contributed by atoms with Crippen LogP contribution < -0.4 is 10.6 Å². The number of hydrogen-bond donors (Lipinski definition) is 2. The SMILES string of the molecule is O=C(CSCC(=O)NC1CCCC1)Nc1ccccc1F. The smallest absolute Gasteiger partial charge is 0.234 e. The zero-order chi connectivity index (χ0) is 15.1. The molecule has 1 fully saturated rings. The van der Waals surface area contributed by atoms with Crippen LogP contribution in [-0.2, 0) is 9.59 Å². The van der Waals surface area contributed by atoms with Crippen LogP contribution in [0, 0.1) is 5.82 Å². The van der Waals surface area contributed by atoms with Crippen molar-refractivity contribution >= 4 is 29.3 Å². The van der Waals surface area contributed by atoms with E-state index in [1.54, 1.807) is 12.1 Å². The first-order chi connectivity index (χ1) is 10.1. The van der Waals surface area contributed by atoms with Crippen LogP contribution in [0.25, 0.3) is 0 Å². The highest BCUT2D eigenvalue weighted by molar-refractivity contribution is 8.00. The van der Waals surface area contributed by atoms with Gasteiger partial charge < -0.3 is 10.6 Å². The number of thioether (sulfide) groups is 1. The molecule has 21 heavy (non-hydrogen) atoms. The van der Waals surface area contributed by atoms with Crippen LogP contribution in [0.4, 0.5) is 10.1 Å². The van der Waals surface area contributed by atoms with Crippen molar-refractivity contribution in [2.24, 2.45) is 0 Å². The highest BCUT2D eigenvalue weighted by atomic mass is 32.2. The number of amides is 2. The van der Waals surface area contributed by atoms with Gasteiger partial charge in [-0.05, 0) is 25.0 Å². The summed E-state index contributed by atoms with van der Waals surface area (Å²) < 4.78 is 13.3. The Labute approximate surface area is 127 Å². The molecule has 0 unspecified atom stereocenters. The Morgan fingerprint density at radius 2 is 1.81 bits per heavy atom. The molecule has 1 aliphatic rings. The number of halogens is 1. The molecule has 2 amide bonds. The zero-order valence-electron chi connectivity index (χ0n) is 11.7. The number of anilines is 1. The van der Waals surface area contributed by atoms with Crippen molar-refractivity contribution in [3.05, 3.63) is 30.1 Å². The fourth-order valence-corrected chi connectivity index (χ4v) is 2.95. The van der Waals surface area contributed by atoms with Crippen molar-refractivity contribution in [1.29, 1.82) is 0 Å². The molecule has 2 N–H and O–H groups in total. The van der Waals surface area contributed by atoms with Gasteiger partial charge in [0.05, 0.1) is 17.2 Å². The fraction of sp³-hybridized carbons (Fsp3) is 0.467. The van der Waals surface area contributed by atoms with Crippen LogP contribution in [-0.4, -0.2) is 29.4 Å². The normalized spacial score (nSPS) is 14.9. The van der Waals surface area contributed by atoms with Crippen molar-refractivity contribution in [2.75, 3.05) is 16.8 Å². The van der Waals surface area contributed by atoms with E-state index >= 15 is 0 Å². The van der Waals surface area contributed by atoms with Gasteiger partial charge in [0, 0.05) is 6.04 Å². The van der Waals surface area contributed by atoms with Crippen molar-refractivity contribution in [3.8, 4) is 0 Å². The van der Waals surface area contributed by atoms with Gasteiger partial charge in [-0.3, -0.25) is 9.59 Å². The summed E-state index contributed by atoms with van der Waals surface area (Å²) in [7, 11) is 0. The van der Waals surface area contributed by atoms with Crippen molar-refractivity contribution in [2.45, 2.75) is 31.7 Å². The quantitative estimate of drug-likeness (QED) is 0.849. The summed E-state index contributed by atoms with van der Waals surface area (Å²) >= 11 is 1.23. The summed E-state index contributed by atoms with van der Waals surface area (Å²) in [4.78, 5) is 23.3. The van der Waals surface area contributed by atoms with E-state index in [2.05, 4.69) is 10.6 Å². The number of hydrogen-bond acceptors (Lipinski definition) is 3. The second-order valence-electron chi connectivity index (χ2n) is 5.07. The van der Waals surface area contributed by atoms with Crippen LogP contribution >= 0.6 is 11.8 Å². The highest BCUT2D eigenvalue weighted by Crippen LogP contribution is 2.18. The molecule has 0 radical (unpaired) electrons. The van der Waals surface area contributed by atoms with Crippen molar-refractivity contribution in [1.82, 2.24) is 5.32 Å². The second kappa shape index (κ2) is 8.02. The van der Waals surface area contributed by atoms with Crippen molar-refractivity contribution < 1.29 is 14.0 Å². The molecule has 0 aliphatic heterocycles. The lowest BCUT2D eigenvalue weighted by Crippen LogP contribution is -2.34. The summed E-state index contributed by atoms with van der Waals surface area (Å²) in [5.74, 6) is -0.424. The summed E-state index contributed by atoms with van der Waals surface area (Å²) in [5, 5.41) is 5.45. The Morgan fingerprint density at radius 3 is 2.52 bits per heavy atom. The average molecular weight is 310 g/mol. The molecule has 6 heteroatoms. The van der Waals surface area contributed by atoms with Gasteiger partial charge in [0.2, 0.25) is 11.8 Å². The Bertz CT molecular complexity index is 504. The van der Waals surface area contributed by atoms with E-state index in [1.165, 1.54) is 36.7 Å². The lowest BCUT2D eigenvalue weighted by atomic mass is 10.2. The molecule has 0 saturated heterocycles. The number of nitrogens with one attached hydrogen (secondary N) is 2. The third kappa shape index (κ3) is 5.38. The number of benzene rings is 1. The third-order valence-electron chi connectivity index (χ3n) is 3.33. The Balaban J connectivity index is 1.65. The van der Waals surface area contributed by atoms with E-state index in [0.717, 1.165) is 12.8 Å². The van der Waals surface area contributed by atoms with Gasteiger partial charge in [0.1, 0.15) is 5.82 Å². The minimum atomic E-state index is -0.463. The number of carbonyl (C=O) groups is 2. The molecular weight excluding hydrogens is 291 g/mol. The third-order valence-corrected chi connectivity index (χ3v) is 4.27. The highest BCUT2D eigenvalue weighted by Gasteiger charge is 2.17. The van der Waals surface area contributed by atoms with E-state index in [9.17, 15) is 14.0 Å². The monoisotopic (exact) mass is 310 g/mol. The largest absolute Gasteiger partial charge is 0.353 e. The van der Waals surface area contributed by atoms with Gasteiger partial charge >= 0.3 is 0 Å². The summed E-state index contributed by atoms with van der Waals surface area (Å²) in [6, 6.07) is 6.31. The predicted molar refractivity (Wildman–Crippen MR) is 82.8 cm³/mol. The van der Waals surface area contributed by atoms with Crippen molar-refractivity contribution in [3.63, 3.8) is 0 Å². The number of rotatable bonds is 6. The number of para-hydroxylation sites is 1. The van der Waals surface area contributed by atoms with E-state index < -0.39 is 5.82 Å². The van der Waals surface area contributed by atoms with Gasteiger partial charge in [-0.25, -0.2) is 4.39 Å². The van der Waals surface area contributed by atoms with Crippen LogP contribution in [0.3, 0.4) is 0 Å². The van der Waals surface area contributed by atoms with Crippen LogP contribution in [0.15, 0.2) is 24.3 Å². The second-order valence-corrected chi connectivity index (χ2v) is 6.06. The van der Waals surface area contributed by atoms with Gasteiger partial charge in [-0.2, -0.15) is 0 Å². The molecule has 0 bridgehead atoms. The maximum absolute atomic E-state index is 13.3. The topological polar surface area (TPSA) is 58.2 Å². The maximum Gasteiger partial charge on any atom is 0.234 e. The molecule has 1 aliphatic carbocycles. The molecule has 0 atom stereocenters. The van der Waals surface area contributed by atoms with Gasteiger partial charge in [0.15, 0.2) is 0 Å². The molecule has 1 aromatic rings. The predicted octanol–water partition coefficient (Wildman–Crippen LogP) is 2.56. The molecule has 4 nitrogen and oxygen atoms in total. The first kappa shape index (κ1) is 15.8. The maximum atomic E-state index is 13.3. The number of carbonyl (C=O) groups excluding carboxylic acids is 2. The van der Waals surface area contributed by atoms with Crippen LogP contribution in [0.1, 0.15) is 25.7 Å². The summed E-state index contributed by atoms with van der Waals surface area (Å²) in [6.07, 6.45) is 4.43. The lowest BCUT2D eigenvalue weighted by molar-refractivity contribution is -0.119. The van der Waals surface area contributed by atoms with Gasteiger partial charge in [0.25, 0.3) is 0 Å². The van der Waals surface area contributed by atoms with E-state index in [-0.39, 0.29) is 29.0 Å². The Hall–Kier alpha value is -1.56. The van der Waals surface area contributed by atoms with Crippen LogP contribution in [0.5, 0.6) is 0 Å². The van der Waals surface area contributed by atoms with Gasteiger partial charge in [-0.1, -0.05) is 25.0 Å². The standard InChI is InChI=1S/C15H19FN2O2S/c16-12-7-3-4-8-13(12)18-15(20)10-21-9-14(19)17-11-5-1-2-6-11/h3-4,7-8,11H,1-2,5-6,9-10H2,(H,17,19)(H,18,20). The molecule has 1 aromatic carbocycles. The summed E-state index contributed by atoms with van der Waals surface area (Å²) in [5.41, 5.74) is 0.165. The zero-order valence-corrected chi connectivity index (χ0v) is 12.5. The summed E-state index contributed by atoms with van der Waals surface area (Å²) in [6.45, 7) is 0. The molecule has 2 rings (SSSR count).